The van der Waals surface area contributed by atoms with Crippen LogP contribution in [0.1, 0.15) is 36.0 Å². The van der Waals surface area contributed by atoms with Crippen LogP contribution in [0.5, 0.6) is 0 Å². The van der Waals surface area contributed by atoms with Crippen LogP contribution in [0.2, 0.25) is 0 Å². The molecule has 0 saturated carbocycles. The van der Waals surface area contributed by atoms with Crippen molar-refractivity contribution >= 4 is 14.8 Å². The molecule has 0 radical (unpaired) electrons. The van der Waals surface area contributed by atoms with Crippen molar-refractivity contribution in [3.05, 3.63) is 71.3 Å². The first-order chi connectivity index (χ1) is 14.0. The van der Waals surface area contributed by atoms with Gasteiger partial charge in [-0.1, -0.05) is 49.0 Å². The molecule has 0 spiro atoms. The number of hydrogen-bond acceptors (Lipinski definition) is 5. The van der Waals surface area contributed by atoms with Gasteiger partial charge in [0.15, 0.2) is 5.78 Å². The van der Waals surface area contributed by atoms with Crippen molar-refractivity contribution in [2.45, 2.75) is 25.7 Å². The summed E-state index contributed by atoms with van der Waals surface area (Å²) in [6, 6.07) is 14.6. The summed E-state index contributed by atoms with van der Waals surface area (Å²) in [5.41, 5.74) is 6.52. The van der Waals surface area contributed by atoms with Gasteiger partial charge in [-0.2, -0.15) is 0 Å². The second-order valence-corrected chi connectivity index (χ2v) is 9.67. The Morgan fingerprint density at radius 1 is 1.03 bits per heavy atom. The third-order valence-electron chi connectivity index (χ3n) is 5.43. The first-order valence-electron chi connectivity index (χ1n) is 9.65. The molecule has 1 aliphatic carbocycles. The number of allylic oxidation sites excluding steroid dienone is 1. The minimum absolute atomic E-state index is 0.0254. The van der Waals surface area contributed by atoms with Crippen molar-refractivity contribution in [3.8, 4) is 11.1 Å². The van der Waals surface area contributed by atoms with Gasteiger partial charge < -0.3 is 17.7 Å². The summed E-state index contributed by atoms with van der Waals surface area (Å²) < 4.78 is 21.8. The second kappa shape index (κ2) is 9.15. The Kier molecular flexibility index (Phi) is 6.82. The van der Waals surface area contributed by atoms with E-state index in [1.165, 1.54) is 43.6 Å². The molecule has 1 unspecified atom stereocenters. The molecule has 29 heavy (non-hydrogen) atoms. The number of carbonyl (C=O) groups excluding carboxylic acids is 1. The predicted molar refractivity (Wildman–Crippen MR) is 115 cm³/mol. The van der Waals surface area contributed by atoms with Crippen molar-refractivity contribution in [2.75, 3.05) is 27.9 Å². The number of hydrogen-bond donors (Lipinski definition) is 0. The molecule has 0 N–H and O–H groups in total. The molecular weight excluding hydrogens is 384 g/mol. The number of rotatable bonds is 10. The molecule has 154 valence electrons. The van der Waals surface area contributed by atoms with Crippen LogP contribution in [0, 0.1) is 0 Å². The van der Waals surface area contributed by atoms with E-state index in [2.05, 4.69) is 36.9 Å². The van der Waals surface area contributed by atoms with Crippen LogP contribution >= 0.6 is 0 Å². The lowest BCUT2D eigenvalue weighted by molar-refractivity contribution is -0.117. The average molecular weight is 413 g/mol. The van der Waals surface area contributed by atoms with Gasteiger partial charge in [-0.05, 0) is 53.2 Å². The molecule has 0 saturated heterocycles. The maximum absolute atomic E-state index is 13.0. The van der Waals surface area contributed by atoms with Crippen molar-refractivity contribution in [3.63, 3.8) is 0 Å². The van der Waals surface area contributed by atoms with E-state index in [1.54, 1.807) is 6.92 Å². The fourth-order valence-electron chi connectivity index (χ4n) is 3.96. The molecule has 0 bridgehead atoms. The average Bonchev–Trinajstić information content (AvgIpc) is 3.13. The van der Waals surface area contributed by atoms with Crippen molar-refractivity contribution in [2.24, 2.45) is 0 Å². The van der Waals surface area contributed by atoms with E-state index in [9.17, 15) is 4.79 Å². The zero-order valence-corrected chi connectivity index (χ0v) is 18.5. The molecule has 1 aliphatic rings. The molecule has 0 amide bonds. The summed E-state index contributed by atoms with van der Waals surface area (Å²) in [6.45, 7) is 5.92. The molecule has 0 aliphatic heterocycles. The van der Waals surface area contributed by atoms with Gasteiger partial charge in [-0.25, -0.2) is 0 Å². The molecular formula is C23H28O5Si. The summed E-state index contributed by atoms with van der Waals surface area (Å²) in [5.74, 6) is -0.313. The summed E-state index contributed by atoms with van der Waals surface area (Å²) in [4.78, 5) is 13.0. The largest absolute Gasteiger partial charge is 0.678 e. The smallest absolute Gasteiger partial charge is 0.355 e. The summed E-state index contributed by atoms with van der Waals surface area (Å²) >= 11 is 0. The lowest BCUT2D eigenvalue weighted by Crippen LogP contribution is -2.46. The van der Waals surface area contributed by atoms with Crippen LogP contribution in [-0.4, -0.2) is 42.8 Å². The number of Topliss-reactive ketones (excluding diaryl/α,β-unsaturated/α-hetero) is 1. The van der Waals surface area contributed by atoms with Crippen molar-refractivity contribution < 1.29 is 22.5 Å². The molecule has 6 heteroatoms. The van der Waals surface area contributed by atoms with Crippen LogP contribution in [0.15, 0.2) is 54.6 Å². The third-order valence-corrected chi connectivity index (χ3v) is 7.49. The molecule has 5 nitrogen and oxygen atoms in total. The summed E-state index contributed by atoms with van der Waals surface area (Å²) in [5, 5.41) is 0. The van der Waals surface area contributed by atoms with Gasteiger partial charge in [0.1, 0.15) is 0 Å². The van der Waals surface area contributed by atoms with Gasteiger partial charge >= 0.3 is 9.05 Å². The van der Waals surface area contributed by atoms with Gasteiger partial charge in [0.25, 0.3) is 0 Å². The van der Waals surface area contributed by atoms with Crippen molar-refractivity contribution in [1.29, 1.82) is 0 Å². The van der Waals surface area contributed by atoms with E-state index >= 15 is 0 Å². The van der Waals surface area contributed by atoms with E-state index in [4.69, 9.17) is 17.7 Å². The van der Waals surface area contributed by atoms with Gasteiger partial charge in [-0.3, -0.25) is 4.79 Å². The number of ketones is 1. The molecule has 0 fully saturated rings. The molecule has 2 aromatic carbocycles. The van der Waals surface area contributed by atoms with Crippen LogP contribution < -0.4 is 0 Å². The Balaban J connectivity index is 1.90. The van der Waals surface area contributed by atoms with Crippen LogP contribution in [0.3, 0.4) is 0 Å². The number of carbonyl (C=O) groups is 1. The minimum atomic E-state index is -3.15. The second-order valence-electron chi connectivity index (χ2n) is 7.15. The lowest BCUT2D eigenvalue weighted by Gasteiger charge is -2.25. The zero-order chi connectivity index (χ0) is 21.0. The quantitative estimate of drug-likeness (QED) is 0.368. The van der Waals surface area contributed by atoms with Gasteiger partial charge in [-0.15, -0.1) is 0 Å². The van der Waals surface area contributed by atoms with Crippen LogP contribution in [0.25, 0.3) is 11.1 Å². The number of fused-ring (bicyclic) bond motifs is 3. The first kappa shape index (κ1) is 21.6. The molecule has 2 aromatic rings. The normalized spacial score (nSPS) is 13.7. The van der Waals surface area contributed by atoms with E-state index in [1.807, 2.05) is 12.1 Å². The predicted octanol–water partition coefficient (Wildman–Crippen LogP) is 4.27. The van der Waals surface area contributed by atoms with Crippen LogP contribution in [-0.2, 0) is 28.9 Å². The third kappa shape index (κ3) is 4.27. The topological polar surface area (TPSA) is 54.0 Å². The van der Waals surface area contributed by atoms with Gasteiger partial charge in [0.2, 0.25) is 0 Å². The van der Waals surface area contributed by atoms with Gasteiger partial charge in [0, 0.05) is 33.9 Å². The maximum atomic E-state index is 13.0. The highest BCUT2D eigenvalue weighted by Crippen LogP contribution is 2.41. The Bertz CT molecular complexity index is 896. The SMILES string of the molecule is C=C(C)C(=O)C(CCO[Si](OC)(OC)OC)c1cccc2c1Cc1ccccc1-2. The van der Waals surface area contributed by atoms with E-state index in [0.29, 0.717) is 12.0 Å². The highest BCUT2D eigenvalue weighted by molar-refractivity contribution is 6.53. The Morgan fingerprint density at radius 3 is 2.34 bits per heavy atom. The minimum Gasteiger partial charge on any atom is -0.355 e. The molecule has 1 atom stereocenters. The fraction of sp³-hybridized carbons (Fsp3) is 0.348. The highest BCUT2D eigenvalue weighted by atomic mass is 28.4. The zero-order valence-electron chi connectivity index (χ0n) is 17.5. The first-order valence-corrected chi connectivity index (χ1v) is 11.3. The monoisotopic (exact) mass is 412 g/mol. The van der Waals surface area contributed by atoms with Crippen LogP contribution in [0.4, 0.5) is 0 Å². The molecule has 3 rings (SSSR count). The Labute approximate surface area is 173 Å². The Morgan fingerprint density at radius 2 is 1.69 bits per heavy atom. The number of benzene rings is 2. The molecule has 0 heterocycles. The van der Waals surface area contributed by atoms with Crippen molar-refractivity contribution in [1.82, 2.24) is 0 Å². The standard InChI is InChI=1S/C23H28O5Si/c1-16(2)23(24)21(13-14-28-29(25-3,26-4)27-5)20-12-8-11-19-18-10-7-6-9-17(18)15-22(19)20/h6-12,21H,1,13-15H2,2-5H3. The fourth-order valence-corrected chi connectivity index (χ4v) is 5.18. The summed E-state index contributed by atoms with van der Waals surface area (Å²) in [7, 11) is 1.34. The Hall–Kier alpha value is -2.09. The van der Waals surface area contributed by atoms with E-state index in [0.717, 1.165) is 12.0 Å². The summed E-state index contributed by atoms with van der Waals surface area (Å²) in [6.07, 6.45) is 1.32. The lowest BCUT2D eigenvalue weighted by atomic mass is 9.84. The van der Waals surface area contributed by atoms with E-state index < -0.39 is 9.05 Å². The molecule has 0 aromatic heterocycles. The highest BCUT2D eigenvalue weighted by Gasteiger charge is 2.42. The maximum Gasteiger partial charge on any atom is 0.678 e. The van der Waals surface area contributed by atoms with E-state index in [-0.39, 0.29) is 18.3 Å². The van der Waals surface area contributed by atoms with Gasteiger partial charge in [0.05, 0.1) is 0 Å².